The quantitative estimate of drug-likeness (QED) is 0.715. The topological polar surface area (TPSA) is 34.1 Å². The van der Waals surface area contributed by atoms with Crippen LogP contribution in [0.15, 0.2) is 11.6 Å². The van der Waals surface area contributed by atoms with E-state index in [4.69, 9.17) is 0 Å². The Hall–Kier alpha value is -0.920. The van der Waals surface area contributed by atoms with Crippen LogP contribution in [0, 0.1) is 28.6 Å². The molecule has 2 heteroatoms. The third-order valence-electron chi connectivity index (χ3n) is 8.03. The summed E-state index contributed by atoms with van der Waals surface area (Å²) in [7, 11) is 0. The molecule has 120 valence electrons. The van der Waals surface area contributed by atoms with Gasteiger partial charge >= 0.3 is 0 Å². The van der Waals surface area contributed by atoms with E-state index in [9.17, 15) is 9.59 Å². The standard InChI is InChI=1S/C20H28O2/c1-3-20-11-8-14(21)12-13(20)4-5-15-16-6-7-18(22)19(16,2)10-9-17(15)20/h12,15-17H,3-11H2,1-2H3/t15-,16?,17?,19?,20-/m0/s1. The average Bonchev–Trinajstić information content (AvgIpc) is 2.82. The third kappa shape index (κ3) is 1.73. The maximum absolute atomic E-state index is 12.4. The first-order chi connectivity index (χ1) is 10.5. The number of ketones is 2. The third-order valence-corrected chi connectivity index (χ3v) is 8.03. The van der Waals surface area contributed by atoms with Crippen LogP contribution in [0.1, 0.15) is 71.6 Å². The Morgan fingerprint density at radius 1 is 1.05 bits per heavy atom. The van der Waals surface area contributed by atoms with E-state index < -0.39 is 0 Å². The maximum atomic E-state index is 12.4. The summed E-state index contributed by atoms with van der Waals surface area (Å²) < 4.78 is 0. The molecule has 2 nitrogen and oxygen atoms in total. The van der Waals surface area contributed by atoms with Crippen LogP contribution in [0.3, 0.4) is 0 Å². The van der Waals surface area contributed by atoms with Crippen molar-refractivity contribution < 1.29 is 9.59 Å². The molecule has 5 atom stereocenters. The summed E-state index contributed by atoms with van der Waals surface area (Å²) in [6.07, 6.45) is 11.5. The molecule has 0 aliphatic heterocycles. The predicted molar refractivity (Wildman–Crippen MR) is 86.3 cm³/mol. The zero-order chi connectivity index (χ0) is 15.5. The molecule has 0 heterocycles. The number of hydrogen-bond acceptors (Lipinski definition) is 2. The molecule has 0 aromatic heterocycles. The van der Waals surface area contributed by atoms with Crippen LogP contribution < -0.4 is 0 Å². The molecule has 0 radical (unpaired) electrons. The normalized spacial score (nSPS) is 47.5. The summed E-state index contributed by atoms with van der Waals surface area (Å²) in [6.45, 7) is 4.57. The first-order valence-electron chi connectivity index (χ1n) is 9.28. The second-order valence-electron chi connectivity index (χ2n) is 8.48. The van der Waals surface area contributed by atoms with Gasteiger partial charge in [0.15, 0.2) is 5.78 Å². The van der Waals surface area contributed by atoms with E-state index in [-0.39, 0.29) is 10.8 Å². The lowest BCUT2D eigenvalue weighted by Gasteiger charge is -2.58. The lowest BCUT2D eigenvalue weighted by molar-refractivity contribution is -0.133. The van der Waals surface area contributed by atoms with Gasteiger partial charge in [0.2, 0.25) is 0 Å². The van der Waals surface area contributed by atoms with Gasteiger partial charge in [-0.2, -0.15) is 0 Å². The van der Waals surface area contributed by atoms with Gasteiger partial charge in [0.25, 0.3) is 0 Å². The average molecular weight is 300 g/mol. The Morgan fingerprint density at radius 2 is 1.86 bits per heavy atom. The van der Waals surface area contributed by atoms with Gasteiger partial charge in [0.05, 0.1) is 0 Å². The SMILES string of the molecule is CC[C@]12CCC(=O)C=C1CC[C@H]1C3CCC(=O)C3(C)CCC12. The molecular weight excluding hydrogens is 272 g/mol. The van der Waals surface area contributed by atoms with Gasteiger partial charge in [-0.25, -0.2) is 0 Å². The van der Waals surface area contributed by atoms with E-state index in [1.54, 1.807) is 0 Å². The molecule has 0 saturated heterocycles. The molecule has 0 aromatic rings. The molecule has 0 bridgehead atoms. The minimum absolute atomic E-state index is 0.0260. The van der Waals surface area contributed by atoms with Gasteiger partial charge in [0.1, 0.15) is 5.78 Å². The smallest absolute Gasteiger partial charge is 0.155 e. The fourth-order valence-corrected chi connectivity index (χ4v) is 6.80. The van der Waals surface area contributed by atoms with Gasteiger partial charge in [-0.1, -0.05) is 19.4 Å². The molecule has 4 aliphatic rings. The molecule has 3 unspecified atom stereocenters. The van der Waals surface area contributed by atoms with Crippen LogP contribution in [0.25, 0.3) is 0 Å². The van der Waals surface area contributed by atoms with Gasteiger partial charge in [-0.05, 0) is 74.2 Å². The Kier molecular flexibility index (Phi) is 3.19. The molecule has 4 rings (SSSR count). The number of allylic oxidation sites excluding steroid dienone is 1. The molecule has 0 N–H and O–H groups in total. The van der Waals surface area contributed by atoms with Gasteiger partial charge in [0, 0.05) is 18.3 Å². The van der Waals surface area contributed by atoms with Crippen LogP contribution in [-0.4, -0.2) is 11.6 Å². The molecular formula is C20H28O2. The fraction of sp³-hybridized carbons (Fsp3) is 0.800. The van der Waals surface area contributed by atoms with Crippen molar-refractivity contribution >= 4 is 11.6 Å². The van der Waals surface area contributed by atoms with Crippen molar-refractivity contribution in [2.24, 2.45) is 28.6 Å². The minimum Gasteiger partial charge on any atom is -0.299 e. The lowest BCUT2D eigenvalue weighted by Crippen LogP contribution is -2.51. The second kappa shape index (κ2) is 4.79. The van der Waals surface area contributed by atoms with Crippen LogP contribution >= 0.6 is 0 Å². The highest BCUT2D eigenvalue weighted by atomic mass is 16.1. The van der Waals surface area contributed by atoms with Crippen molar-refractivity contribution in [3.05, 3.63) is 11.6 Å². The van der Waals surface area contributed by atoms with E-state index in [1.807, 2.05) is 6.08 Å². The Morgan fingerprint density at radius 3 is 2.64 bits per heavy atom. The minimum atomic E-state index is -0.0260. The van der Waals surface area contributed by atoms with Crippen molar-refractivity contribution in [2.75, 3.05) is 0 Å². The fourth-order valence-electron chi connectivity index (χ4n) is 6.80. The molecule has 4 aliphatic carbocycles. The van der Waals surface area contributed by atoms with E-state index in [0.717, 1.165) is 50.4 Å². The number of rotatable bonds is 1. The molecule has 0 aromatic carbocycles. The van der Waals surface area contributed by atoms with Crippen LogP contribution in [0.2, 0.25) is 0 Å². The maximum Gasteiger partial charge on any atom is 0.155 e. The second-order valence-corrected chi connectivity index (χ2v) is 8.48. The van der Waals surface area contributed by atoms with Crippen molar-refractivity contribution in [3.8, 4) is 0 Å². The zero-order valence-corrected chi connectivity index (χ0v) is 14.0. The van der Waals surface area contributed by atoms with E-state index in [0.29, 0.717) is 17.5 Å². The van der Waals surface area contributed by atoms with Crippen molar-refractivity contribution in [1.29, 1.82) is 0 Å². The van der Waals surface area contributed by atoms with Gasteiger partial charge in [-0.3, -0.25) is 9.59 Å². The van der Waals surface area contributed by atoms with E-state index in [2.05, 4.69) is 13.8 Å². The number of carbonyl (C=O) groups is 2. The molecule has 22 heavy (non-hydrogen) atoms. The van der Waals surface area contributed by atoms with Gasteiger partial charge < -0.3 is 0 Å². The molecule has 0 amide bonds. The highest BCUT2D eigenvalue weighted by Crippen LogP contribution is 2.65. The Balaban J connectivity index is 1.73. The highest BCUT2D eigenvalue weighted by molar-refractivity contribution is 5.91. The van der Waals surface area contributed by atoms with Crippen LogP contribution in [-0.2, 0) is 9.59 Å². The lowest BCUT2D eigenvalue weighted by atomic mass is 9.46. The number of fused-ring (bicyclic) bond motifs is 5. The Labute approximate surface area is 133 Å². The van der Waals surface area contributed by atoms with Crippen molar-refractivity contribution in [2.45, 2.75) is 71.6 Å². The summed E-state index contributed by atoms with van der Waals surface area (Å²) >= 11 is 0. The van der Waals surface area contributed by atoms with Crippen LogP contribution in [0.4, 0.5) is 0 Å². The van der Waals surface area contributed by atoms with Crippen molar-refractivity contribution in [3.63, 3.8) is 0 Å². The number of Topliss-reactive ketones (excluding diaryl/α,β-unsaturated/α-hetero) is 1. The number of carbonyl (C=O) groups excluding carboxylic acids is 2. The zero-order valence-electron chi connectivity index (χ0n) is 14.0. The van der Waals surface area contributed by atoms with E-state index >= 15 is 0 Å². The Bertz CT molecular complexity index is 560. The predicted octanol–water partition coefficient (Wildman–Crippen LogP) is 4.48. The summed E-state index contributed by atoms with van der Waals surface area (Å²) in [6, 6.07) is 0. The molecule has 3 fully saturated rings. The monoisotopic (exact) mass is 300 g/mol. The largest absolute Gasteiger partial charge is 0.299 e. The summed E-state index contributed by atoms with van der Waals surface area (Å²) in [5.41, 5.74) is 1.71. The van der Waals surface area contributed by atoms with Crippen molar-refractivity contribution in [1.82, 2.24) is 0 Å². The summed E-state index contributed by atoms with van der Waals surface area (Å²) in [5.74, 6) is 2.92. The first kappa shape index (κ1) is 14.7. The molecule has 0 spiro atoms. The number of hydrogen-bond donors (Lipinski definition) is 0. The molecule has 3 saturated carbocycles. The van der Waals surface area contributed by atoms with Gasteiger partial charge in [-0.15, -0.1) is 0 Å². The van der Waals surface area contributed by atoms with E-state index in [1.165, 1.54) is 24.8 Å². The summed E-state index contributed by atoms with van der Waals surface area (Å²) in [4.78, 5) is 24.3. The highest BCUT2D eigenvalue weighted by Gasteiger charge is 2.59. The first-order valence-corrected chi connectivity index (χ1v) is 9.28. The van der Waals surface area contributed by atoms with Crippen LogP contribution in [0.5, 0.6) is 0 Å². The summed E-state index contributed by atoms with van der Waals surface area (Å²) in [5, 5.41) is 0.